The molecule has 1 fully saturated rings. The Hall–Kier alpha value is -1.18. The molecule has 24 heavy (non-hydrogen) atoms. The normalized spacial score (nSPS) is 19.6. The molecule has 2 heterocycles. The number of nitrogens with zero attached hydrogens (tertiary/aromatic N) is 1. The SMILES string of the molecule is CC(=O)SCC(=Cc1ccc(F)nc1C)B1OC(C)(C)C(C)(C)O1. The van der Waals surface area contributed by atoms with Gasteiger partial charge in [-0.1, -0.05) is 17.8 Å². The highest BCUT2D eigenvalue weighted by Crippen LogP contribution is 2.39. The molecule has 1 aromatic heterocycles. The zero-order valence-corrected chi connectivity index (χ0v) is 15.8. The summed E-state index contributed by atoms with van der Waals surface area (Å²) in [4.78, 5) is 15.2. The van der Waals surface area contributed by atoms with E-state index >= 15 is 0 Å². The van der Waals surface area contributed by atoms with Crippen LogP contribution in [0.25, 0.3) is 6.08 Å². The minimum absolute atomic E-state index is 0.0198. The number of halogens is 1. The molecule has 1 saturated heterocycles. The third kappa shape index (κ3) is 4.26. The molecule has 0 aliphatic carbocycles. The summed E-state index contributed by atoms with van der Waals surface area (Å²) in [5.41, 5.74) is 1.26. The Morgan fingerprint density at radius 1 is 1.29 bits per heavy atom. The molecule has 0 N–H and O–H groups in total. The minimum Gasteiger partial charge on any atom is -0.400 e. The Bertz CT molecular complexity index is 660. The number of hydrogen-bond donors (Lipinski definition) is 0. The van der Waals surface area contributed by atoms with Gasteiger partial charge in [0.25, 0.3) is 0 Å². The Morgan fingerprint density at radius 2 is 1.88 bits per heavy atom. The molecule has 0 unspecified atom stereocenters. The van der Waals surface area contributed by atoms with Crippen LogP contribution in [-0.4, -0.2) is 34.2 Å². The van der Waals surface area contributed by atoms with Crippen LogP contribution >= 0.6 is 11.8 Å². The van der Waals surface area contributed by atoms with Crippen molar-refractivity contribution >= 4 is 30.1 Å². The summed E-state index contributed by atoms with van der Waals surface area (Å²) >= 11 is 1.19. The number of aromatic nitrogens is 1. The molecule has 0 radical (unpaired) electrons. The van der Waals surface area contributed by atoms with Crippen LogP contribution in [0.5, 0.6) is 0 Å². The molecule has 0 bridgehead atoms. The lowest BCUT2D eigenvalue weighted by atomic mass is 9.78. The van der Waals surface area contributed by atoms with Crippen molar-refractivity contribution in [1.29, 1.82) is 0 Å². The molecule has 0 saturated carbocycles. The van der Waals surface area contributed by atoms with Crippen molar-refractivity contribution in [2.45, 2.75) is 52.7 Å². The second-order valence-electron chi connectivity index (χ2n) is 6.90. The zero-order chi connectivity index (χ0) is 18.1. The largest absolute Gasteiger partial charge is 0.491 e. The van der Waals surface area contributed by atoms with Gasteiger partial charge >= 0.3 is 7.12 Å². The lowest BCUT2D eigenvalue weighted by Crippen LogP contribution is -2.41. The van der Waals surface area contributed by atoms with E-state index in [0.717, 1.165) is 11.0 Å². The van der Waals surface area contributed by atoms with E-state index in [1.165, 1.54) is 24.8 Å². The summed E-state index contributed by atoms with van der Waals surface area (Å²) in [6, 6.07) is 2.99. The van der Waals surface area contributed by atoms with E-state index < -0.39 is 24.3 Å². The first-order valence-electron chi connectivity index (χ1n) is 7.84. The quantitative estimate of drug-likeness (QED) is 0.610. The van der Waals surface area contributed by atoms with E-state index in [1.54, 1.807) is 13.0 Å². The van der Waals surface area contributed by atoms with Crippen LogP contribution in [0.3, 0.4) is 0 Å². The molecule has 7 heteroatoms. The van der Waals surface area contributed by atoms with E-state index in [2.05, 4.69) is 4.98 Å². The number of carbonyl (C=O) groups excluding carboxylic acids is 1. The highest BCUT2D eigenvalue weighted by atomic mass is 32.2. The van der Waals surface area contributed by atoms with Gasteiger partial charge in [0.2, 0.25) is 5.95 Å². The van der Waals surface area contributed by atoms with Crippen molar-refractivity contribution in [3.05, 3.63) is 34.8 Å². The van der Waals surface area contributed by atoms with Crippen LogP contribution < -0.4 is 0 Å². The summed E-state index contributed by atoms with van der Waals surface area (Å²) in [6.45, 7) is 11.2. The maximum atomic E-state index is 13.2. The highest BCUT2D eigenvalue weighted by Gasteiger charge is 2.52. The molecular formula is C17H23BFNO3S. The Kier molecular flexibility index (Phi) is 5.57. The second kappa shape index (κ2) is 6.98. The van der Waals surface area contributed by atoms with Crippen LogP contribution in [0.1, 0.15) is 45.9 Å². The van der Waals surface area contributed by atoms with Gasteiger partial charge in [-0.2, -0.15) is 4.39 Å². The minimum atomic E-state index is -0.550. The number of carbonyl (C=O) groups is 1. The van der Waals surface area contributed by atoms with E-state index in [0.29, 0.717) is 11.4 Å². The summed E-state index contributed by atoms with van der Waals surface area (Å²) < 4.78 is 25.4. The van der Waals surface area contributed by atoms with Crippen molar-refractivity contribution < 1.29 is 18.5 Å². The maximum Gasteiger partial charge on any atom is 0.491 e. The summed E-state index contributed by atoms with van der Waals surface area (Å²) in [7, 11) is -0.550. The maximum absolute atomic E-state index is 13.2. The predicted octanol–water partition coefficient (Wildman–Crippen LogP) is 3.82. The first-order valence-corrected chi connectivity index (χ1v) is 8.83. The number of hydrogen-bond acceptors (Lipinski definition) is 5. The van der Waals surface area contributed by atoms with Crippen molar-refractivity contribution in [2.24, 2.45) is 0 Å². The molecule has 0 atom stereocenters. The van der Waals surface area contributed by atoms with Crippen molar-refractivity contribution in [1.82, 2.24) is 4.98 Å². The topological polar surface area (TPSA) is 48.4 Å². The molecule has 0 spiro atoms. The first-order chi connectivity index (χ1) is 11.0. The van der Waals surface area contributed by atoms with Gasteiger partial charge in [0.05, 0.1) is 11.2 Å². The molecule has 0 amide bonds. The standard InChI is InChI=1S/C17H23BFNO3S/c1-11-13(7-8-15(19)20-11)9-14(10-24-12(2)21)18-22-16(3,4)17(5,6)23-18/h7-9H,10H2,1-6H3. The second-order valence-corrected chi connectivity index (χ2v) is 8.05. The Morgan fingerprint density at radius 3 is 2.38 bits per heavy atom. The first kappa shape index (κ1) is 19.2. The van der Waals surface area contributed by atoms with Gasteiger partial charge in [0.1, 0.15) is 0 Å². The van der Waals surface area contributed by atoms with E-state index in [4.69, 9.17) is 9.31 Å². The fourth-order valence-corrected chi connectivity index (χ4v) is 2.84. The summed E-state index contributed by atoms with van der Waals surface area (Å²) in [6.07, 6.45) is 1.87. The van der Waals surface area contributed by atoms with E-state index in [9.17, 15) is 9.18 Å². The van der Waals surface area contributed by atoms with Gasteiger partial charge in [-0.15, -0.1) is 0 Å². The average Bonchev–Trinajstić information content (AvgIpc) is 2.65. The van der Waals surface area contributed by atoms with Gasteiger partial charge in [-0.05, 0) is 57.8 Å². The molecule has 1 aromatic rings. The molecule has 130 valence electrons. The number of thioether (sulfide) groups is 1. The molecule has 2 rings (SSSR count). The Labute approximate surface area is 147 Å². The van der Waals surface area contributed by atoms with Crippen LogP contribution in [0.4, 0.5) is 4.39 Å². The van der Waals surface area contributed by atoms with Crippen LogP contribution in [0, 0.1) is 12.9 Å². The van der Waals surface area contributed by atoms with Gasteiger partial charge in [-0.25, -0.2) is 4.98 Å². The van der Waals surface area contributed by atoms with Crippen LogP contribution in [-0.2, 0) is 14.1 Å². The van der Waals surface area contributed by atoms with E-state index in [1.807, 2.05) is 33.8 Å². The van der Waals surface area contributed by atoms with E-state index in [-0.39, 0.29) is 5.12 Å². The van der Waals surface area contributed by atoms with Crippen LogP contribution in [0.15, 0.2) is 17.6 Å². The average molecular weight is 351 g/mol. The van der Waals surface area contributed by atoms with Crippen molar-refractivity contribution in [3.8, 4) is 0 Å². The molecule has 0 aromatic carbocycles. The lowest BCUT2D eigenvalue weighted by Gasteiger charge is -2.32. The number of rotatable bonds is 4. The van der Waals surface area contributed by atoms with Crippen molar-refractivity contribution in [3.63, 3.8) is 0 Å². The monoisotopic (exact) mass is 351 g/mol. The van der Waals surface area contributed by atoms with Gasteiger partial charge in [0, 0.05) is 18.4 Å². The van der Waals surface area contributed by atoms with Gasteiger partial charge in [-0.3, -0.25) is 4.79 Å². The fourth-order valence-electron chi connectivity index (χ4n) is 2.25. The smallest absolute Gasteiger partial charge is 0.400 e. The number of aryl methyl sites for hydroxylation is 1. The van der Waals surface area contributed by atoms with Crippen molar-refractivity contribution in [2.75, 3.05) is 5.75 Å². The molecule has 1 aliphatic rings. The lowest BCUT2D eigenvalue weighted by molar-refractivity contribution is -0.109. The molecule has 4 nitrogen and oxygen atoms in total. The fraction of sp³-hybridized carbons (Fsp3) is 0.529. The predicted molar refractivity (Wildman–Crippen MR) is 96.1 cm³/mol. The number of pyridine rings is 1. The molecular weight excluding hydrogens is 328 g/mol. The third-order valence-electron chi connectivity index (χ3n) is 4.43. The summed E-state index contributed by atoms with van der Waals surface area (Å²) in [5.74, 6) is -0.0665. The third-order valence-corrected chi connectivity index (χ3v) is 5.32. The zero-order valence-electron chi connectivity index (χ0n) is 15.0. The van der Waals surface area contributed by atoms with Gasteiger partial charge in [0.15, 0.2) is 5.12 Å². The van der Waals surface area contributed by atoms with Crippen LogP contribution in [0.2, 0.25) is 0 Å². The molecule has 1 aliphatic heterocycles. The Balaban J connectivity index is 2.35. The highest BCUT2D eigenvalue weighted by molar-refractivity contribution is 8.13. The summed E-state index contributed by atoms with van der Waals surface area (Å²) in [5, 5.41) is 0.0198. The van der Waals surface area contributed by atoms with Gasteiger partial charge < -0.3 is 9.31 Å².